The van der Waals surface area contributed by atoms with Gasteiger partial charge in [0.05, 0.1) is 0 Å². The minimum atomic E-state index is 0.622. The van der Waals surface area contributed by atoms with Crippen molar-refractivity contribution in [1.82, 2.24) is 5.32 Å². The van der Waals surface area contributed by atoms with Crippen LogP contribution in [0.4, 0.5) is 0 Å². The van der Waals surface area contributed by atoms with Crippen LogP contribution in [0.15, 0.2) is 4.99 Å². The van der Waals surface area contributed by atoms with Gasteiger partial charge < -0.3 is 5.32 Å². The Kier molecular flexibility index (Phi) is 7.02. The van der Waals surface area contributed by atoms with Crippen molar-refractivity contribution in [2.24, 2.45) is 16.8 Å². The maximum absolute atomic E-state index is 4.66. The molecular weight excluding hydrogens is 228 g/mol. The lowest BCUT2D eigenvalue weighted by molar-refractivity contribution is 0.232. The second-order valence-corrected chi connectivity index (χ2v) is 6.10. The lowest BCUT2D eigenvalue weighted by Crippen LogP contribution is -2.44. The number of nitrogens with zero attached hydrogens (tertiary/aromatic N) is 1. The van der Waals surface area contributed by atoms with Crippen LogP contribution in [-0.2, 0) is 0 Å². The van der Waals surface area contributed by atoms with E-state index in [1.165, 1.54) is 32.1 Å². The highest BCUT2D eigenvalue weighted by molar-refractivity contribution is 8.13. The average molecular weight is 256 g/mol. The van der Waals surface area contributed by atoms with Crippen molar-refractivity contribution < 1.29 is 0 Å². The van der Waals surface area contributed by atoms with Gasteiger partial charge in [0.2, 0.25) is 0 Å². The second-order valence-electron chi connectivity index (χ2n) is 5.30. The molecule has 0 aromatic heterocycles. The van der Waals surface area contributed by atoms with E-state index in [-0.39, 0.29) is 0 Å². The smallest absolute Gasteiger partial charge is 0.156 e. The van der Waals surface area contributed by atoms with Crippen molar-refractivity contribution in [3.8, 4) is 0 Å². The Bertz CT molecular complexity index is 230. The SMILES string of the molecule is CCCCN=C(NC1C(C)CCCC1C)SC. The number of hydrogen-bond donors (Lipinski definition) is 1. The molecule has 1 fully saturated rings. The van der Waals surface area contributed by atoms with Gasteiger partial charge in [-0.15, -0.1) is 0 Å². The van der Waals surface area contributed by atoms with E-state index in [2.05, 4.69) is 37.3 Å². The minimum absolute atomic E-state index is 0.622. The Morgan fingerprint density at radius 2 is 1.94 bits per heavy atom. The summed E-state index contributed by atoms with van der Waals surface area (Å²) in [7, 11) is 0. The van der Waals surface area contributed by atoms with E-state index in [0.29, 0.717) is 6.04 Å². The molecule has 0 bridgehead atoms. The van der Waals surface area contributed by atoms with Crippen LogP contribution in [0.5, 0.6) is 0 Å². The number of aliphatic imine (C=N–C) groups is 1. The van der Waals surface area contributed by atoms with Crippen molar-refractivity contribution in [3.05, 3.63) is 0 Å². The van der Waals surface area contributed by atoms with E-state index in [9.17, 15) is 0 Å². The van der Waals surface area contributed by atoms with Crippen LogP contribution in [-0.4, -0.2) is 24.0 Å². The van der Waals surface area contributed by atoms with Gasteiger partial charge in [0, 0.05) is 12.6 Å². The largest absolute Gasteiger partial charge is 0.362 e. The summed E-state index contributed by atoms with van der Waals surface area (Å²) >= 11 is 1.76. The summed E-state index contributed by atoms with van der Waals surface area (Å²) in [5.74, 6) is 1.56. The van der Waals surface area contributed by atoms with Gasteiger partial charge in [0.15, 0.2) is 5.17 Å². The molecule has 0 aromatic carbocycles. The first-order valence-electron chi connectivity index (χ1n) is 7.04. The molecule has 0 spiro atoms. The zero-order chi connectivity index (χ0) is 12.7. The van der Waals surface area contributed by atoms with Crippen LogP contribution in [0.3, 0.4) is 0 Å². The molecule has 2 unspecified atom stereocenters. The molecule has 2 atom stereocenters. The van der Waals surface area contributed by atoms with E-state index in [4.69, 9.17) is 0 Å². The first kappa shape index (κ1) is 14.9. The predicted molar refractivity (Wildman–Crippen MR) is 79.8 cm³/mol. The summed E-state index contributed by atoms with van der Waals surface area (Å²) in [5, 5.41) is 4.82. The third kappa shape index (κ3) is 4.90. The number of unbranched alkanes of at least 4 members (excludes halogenated alkanes) is 1. The van der Waals surface area contributed by atoms with Crippen LogP contribution < -0.4 is 5.32 Å². The van der Waals surface area contributed by atoms with Crippen LogP contribution in [0, 0.1) is 11.8 Å². The summed E-state index contributed by atoms with van der Waals surface area (Å²) in [4.78, 5) is 4.66. The molecule has 0 aromatic rings. The molecule has 3 heteroatoms. The fourth-order valence-corrected chi connectivity index (χ4v) is 3.09. The number of hydrogen-bond acceptors (Lipinski definition) is 2. The Balaban J connectivity index is 2.50. The van der Waals surface area contributed by atoms with Gasteiger partial charge in [-0.3, -0.25) is 4.99 Å². The summed E-state index contributed by atoms with van der Waals surface area (Å²) in [5.41, 5.74) is 0. The molecule has 1 aliphatic carbocycles. The topological polar surface area (TPSA) is 24.4 Å². The average Bonchev–Trinajstić information content (AvgIpc) is 2.32. The van der Waals surface area contributed by atoms with Gasteiger partial charge in [-0.2, -0.15) is 0 Å². The molecule has 1 aliphatic rings. The van der Waals surface area contributed by atoms with Crippen molar-refractivity contribution in [1.29, 1.82) is 0 Å². The van der Waals surface area contributed by atoms with Crippen molar-refractivity contribution >= 4 is 16.9 Å². The van der Waals surface area contributed by atoms with Gasteiger partial charge in [-0.25, -0.2) is 0 Å². The zero-order valence-corrected chi connectivity index (χ0v) is 12.6. The Hall–Kier alpha value is -0.180. The summed E-state index contributed by atoms with van der Waals surface area (Å²) < 4.78 is 0. The molecule has 0 amide bonds. The minimum Gasteiger partial charge on any atom is -0.362 e. The van der Waals surface area contributed by atoms with Gasteiger partial charge in [-0.05, 0) is 37.4 Å². The molecule has 0 heterocycles. The van der Waals surface area contributed by atoms with Gasteiger partial charge >= 0.3 is 0 Å². The molecule has 2 nitrogen and oxygen atoms in total. The number of amidine groups is 1. The lowest BCUT2D eigenvalue weighted by Gasteiger charge is -2.35. The third-order valence-electron chi connectivity index (χ3n) is 3.80. The fraction of sp³-hybridized carbons (Fsp3) is 0.929. The Morgan fingerprint density at radius 3 is 2.47 bits per heavy atom. The third-order valence-corrected chi connectivity index (χ3v) is 4.43. The quantitative estimate of drug-likeness (QED) is 0.468. The highest BCUT2D eigenvalue weighted by Gasteiger charge is 2.28. The van der Waals surface area contributed by atoms with Crippen LogP contribution in [0.1, 0.15) is 52.9 Å². The molecule has 0 radical (unpaired) electrons. The van der Waals surface area contributed by atoms with Crippen molar-refractivity contribution in [3.63, 3.8) is 0 Å². The number of thioether (sulfide) groups is 1. The first-order chi connectivity index (χ1) is 8.19. The summed E-state index contributed by atoms with van der Waals surface area (Å²) in [6.07, 6.45) is 8.65. The summed E-state index contributed by atoms with van der Waals surface area (Å²) in [6, 6.07) is 0.622. The maximum Gasteiger partial charge on any atom is 0.156 e. The van der Waals surface area contributed by atoms with Crippen molar-refractivity contribution in [2.45, 2.75) is 58.9 Å². The van der Waals surface area contributed by atoms with Crippen molar-refractivity contribution in [2.75, 3.05) is 12.8 Å². The van der Waals surface area contributed by atoms with E-state index in [1.54, 1.807) is 11.8 Å². The molecule has 0 aliphatic heterocycles. The van der Waals surface area contributed by atoms with E-state index in [1.807, 2.05) is 0 Å². The van der Waals surface area contributed by atoms with Crippen LogP contribution in [0.2, 0.25) is 0 Å². The van der Waals surface area contributed by atoms with Crippen LogP contribution >= 0.6 is 11.8 Å². The zero-order valence-electron chi connectivity index (χ0n) is 11.8. The second kappa shape index (κ2) is 8.02. The first-order valence-corrected chi connectivity index (χ1v) is 8.26. The number of nitrogens with one attached hydrogen (secondary N) is 1. The normalized spacial score (nSPS) is 30.4. The summed E-state index contributed by atoms with van der Waals surface area (Å²) in [6.45, 7) is 7.93. The highest BCUT2D eigenvalue weighted by atomic mass is 32.2. The molecule has 100 valence electrons. The van der Waals surface area contributed by atoms with Crippen LogP contribution in [0.25, 0.3) is 0 Å². The Morgan fingerprint density at radius 1 is 1.29 bits per heavy atom. The molecule has 1 saturated carbocycles. The maximum atomic E-state index is 4.66. The molecule has 0 saturated heterocycles. The standard InChI is InChI=1S/C14H28N2S/c1-5-6-10-15-14(17-4)16-13-11(2)8-7-9-12(13)3/h11-13H,5-10H2,1-4H3,(H,15,16). The molecule has 1 rings (SSSR count). The van der Waals surface area contributed by atoms with E-state index in [0.717, 1.165) is 23.5 Å². The van der Waals surface area contributed by atoms with Gasteiger partial charge in [0.1, 0.15) is 0 Å². The predicted octanol–water partition coefficient (Wildman–Crippen LogP) is 3.92. The Labute approximate surface area is 111 Å². The molecular formula is C14H28N2S. The van der Waals surface area contributed by atoms with Gasteiger partial charge in [0.25, 0.3) is 0 Å². The van der Waals surface area contributed by atoms with E-state index >= 15 is 0 Å². The number of rotatable bonds is 4. The lowest BCUT2D eigenvalue weighted by atomic mass is 9.79. The van der Waals surface area contributed by atoms with E-state index < -0.39 is 0 Å². The molecule has 17 heavy (non-hydrogen) atoms. The molecule has 1 N–H and O–H groups in total. The highest BCUT2D eigenvalue weighted by Crippen LogP contribution is 2.29. The monoisotopic (exact) mass is 256 g/mol. The fourth-order valence-electron chi connectivity index (χ4n) is 2.62. The van der Waals surface area contributed by atoms with Gasteiger partial charge in [-0.1, -0.05) is 45.4 Å².